The van der Waals surface area contributed by atoms with Crippen molar-refractivity contribution in [3.63, 3.8) is 0 Å². The molecule has 1 amide bonds. The zero-order valence-corrected chi connectivity index (χ0v) is 18.1. The second-order valence-corrected chi connectivity index (χ2v) is 7.49. The first-order valence-electron chi connectivity index (χ1n) is 8.81. The van der Waals surface area contributed by atoms with Gasteiger partial charge in [0, 0.05) is 22.7 Å². The molecule has 3 rings (SSSR count). The van der Waals surface area contributed by atoms with Gasteiger partial charge in [0.05, 0.1) is 21.2 Å². The van der Waals surface area contributed by atoms with Crippen LogP contribution in [0, 0.1) is 10.1 Å². The van der Waals surface area contributed by atoms with E-state index in [2.05, 4.69) is 26.5 Å². The molecule has 0 unspecified atom stereocenters. The molecule has 8 nitrogen and oxygen atoms in total. The van der Waals surface area contributed by atoms with Gasteiger partial charge in [-0.1, -0.05) is 29.8 Å². The molecule has 0 saturated heterocycles. The van der Waals surface area contributed by atoms with Crippen molar-refractivity contribution in [2.45, 2.75) is 6.61 Å². The van der Waals surface area contributed by atoms with Crippen LogP contribution in [0.5, 0.6) is 11.5 Å². The summed E-state index contributed by atoms with van der Waals surface area (Å²) >= 11 is 9.55. The molecule has 0 spiro atoms. The van der Waals surface area contributed by atoms with Gasteiger partial charge in [0.15, 0.2) is 0 Å². The highest BCUT2D eigenvalue weighted by Gasteiger charge is 2.16. The number of nitro groups is 1. The first kappa shape index (κ1) is 22.3. The normalized spacial score (nSPS) is 10.8. The summed E-state index contributed by atoms with van der Waals surface area (Å²) in [4.78, 5) is 22.3. The maximum absolute atomic E-state index is 12.2. The lowest BCUT2D eigenvalue weighted by atomic mass is 10.1. The number of hydrogen-bond donors (Lipinski definition) is 2. The maximum atomic E-state index is 12.2. The van der Waals surface area contributed by atoms with Gasteiger partial charge in [-0.05, 0) is 51.8 Å². The van der Waals surface area contributed by atoms with Crippen LogP contribution in [-0.4, -0.2) is 22.2 Å². The van der Waals surface area contributed by atoms with E-state index in [1.807, 2.05) is 18.2 Å². The minimum Gasteiger partial charge on any atom is -0.507 e. The topological polar surface area (TPSA) is 114 Å². The van der Waals surface area contributed by atoms with Crippen molar-refractivity contribution in [3.05, 3.63) is 97.0 Å². The molecule has 3 aromatic carbocycles. The summed E-state index contributed by atoms with van der Waals surface area (Å²) in [5.74, 6) is -0.570. The number of phenolic OH excluding ortho intramolecular Hbond substituents is 1. The van der Waals surface area contributed by atoms with Crippen LogP contribution in [0.1, 0.15) is 21.5 Å². The van der Waals surface area contributed by atoms with Crippen molar-refractivity contribution in [1.29, 1.82) is 0 Å². The van der Waals surface area contributed by atoms with Gasteiger partial charge in [-0.3, -0.25) is 14.9 Å². The Balaban J connectivity index is 1.63. The van der Waals surface area contributed by atoms with Crippen LogP contribution in [0.2, 0.25) is 5.02 Å². The zero-order chi connectivity index (χ0) is 22.4. The largest absolute Gasteiger partial charge is 0.507 e. The van der Waals surface area contributed by atoms with E-state index in [1.54, 1.807) is 24.3 Å². The van der Waals surface area contributed by atoms with Crippen molar-refractivity contribution in [2.24, 2.45) is 5.10 Å². The van der Waals surface area contributed by atoms with Gasteiger partial charge in [-0.2, -0.15) is 5.10 Å². The second kappa shape index (κ2) is 10.1. The number of nitro benzene ring substituents is 1. The molecule has 0 aliphatic heterocycles. The van der Waals surface area contributed by atoms with E-state index in [0.717, 1.165) is 23.8 Å². The van der Waals surface area contributed by atoms with Crippen molar-refractivity contribution in [1.82, 2.24) is 5.43 Å². The van der Waals surface area contributed by atoms with Crippen molar-refractivity contribution in [2.75, 3.05) is 0 Å². The highest BCUT2D eigenvalue weighted by atomic mass is 79.9. The highest BCUT2D eigenvalue weighted by molar-refractivity contribution is 9.10. The van der Waals surface area contributed by atoms with Crippen LogP contribution < -0.4 is 10.2 Å². The summed E-state index contributed by atoms with van der Waals surface area (Å²) in [7, 11) is 0. The van der Waals surface area contributed by atoms with Crippen LogP contribution in [0.4, 0.5) is 5.69 Å². The molecule has 2 N–H and O–H groups in total. The van der Waals surface area contributed by atoms with Gasteiger partial charge in [0.25, 0.3) is 11.6 Å². The fourth-order valence-corrected chi connectivity index (χ4v) is 3.23. The third kappa shape index (κ3) is 5.80. The van der Waals surface area contributed by atoms with Gasteiger partial charge >= 0.3 is 0 Å². The van der Waals surface area contributed by atoms with E-state index >= 15 is 0 Å². The Morgan fingerprint density at radius 2 is 2.00 bits per heavy atom. The summed E-state index contributed by atoms with van der Waals surface area (Å²) in [5.41, 5.74) is 3.17. The highest BCUT2D eigenvalue weighted by Crippen LogP contribution is 2.27. The number of ether oxygens (including phenoxy) is 1. The van der Waals surface area contributed by atoms with E-state index < -0.39 is 10.8 Å². The molecular formula is C21H15BrClN3O5. The molecule has 158 valence electrons. The van der Waals surface area contributed by atoms with Crippen LogP contribution in [0.25, 0.3) is 0 Å². The third-order valence-corrected chi connectivity index (χ3v) is 5.10. The maximum Gasteiger partial charge on any atom is 0.275 e. The number of hydrazone groups is 1. The smallest absolute Gasteiger partial charge is 0.275 e. The molecule has 0 fully saturated rings. The summed E-state index contributed by atoms with van der Waals surface area (Å²) in [6.45, 7) is 0.300. The number of benzene rings is 3. The van der Waals surface area contributed by atoms with Crippen molar-refractivity contribution >= 4 is 45.3 Å². The lowest BCUT2D eigenvalue weighted by molar-refractivity contribution is -0.384. The van der Waals surface area contributed by atoms with E-state index in [1.165, 1.54) is 6.21 Å². The molecule has 3 aromatic rings. The molecule has 0 atom stereocenters. The Morgan fingerprint density at radius 3 is 2.71 bits per heavy atom. The first-order valence-corrected chi connectivity index (χ1v) is 9.99. The summed E-state index contributed by atoms with van der Waals surface area (Å²) < 4.78 is 6.45. The lowest BCUT2D eigenvalue weighted by Gasteiger charge is -2.10. The molecular weight excluding hydrogens is 490 g/mol. The Labute approximate surface area is 190 Å². The summed E-state index contributed by atoms with van der Waals surface area (Å²) in [6, 6.07) is 15.7. The molecule has 0 saturated carbocycles. The lowest BCUT2D eigenvalue weighted by Crippen LogP contribution is -2.18. The SMILES string of the molecule is O=C(N/N=C/c1ccc(OCc2ccccc2Cl)c(Br)c1)c1cc([N+](=O)[O-])ccc1O. The fourth-order valence-electron chi connectivity index (χ4n) is 2.53. The average molecular weight is 505 g/mol. The quantitative estimate of drug-likeness (QED) is 0.265. The zero-order valence-electron chi connectivity index (χ0n) is 15.8. The van der Waals surface area contributed by atoms with Gasteiger partial charge in [-0.25, -0.2) is 5.43 Å². The van der Waals surface area contributed by atoms with Crippen LogP contribution in [0.3, 0.4) is 0 Å². The monoisotopic (exact) mass is 503 g/mol. The molecule has 0 radical (unpaired) electrons. The molecule has 0 aliphatic rings. The predicted octanol–water partition coefficient (Wildman–Crippen LogP) is 5.06. The molecule has 0 bridgehead atoms. The number of aromatic hydroxyl groups is 1. The molecule has 10 heteroatoms. The van der Waals surface area contributed by atoms with Crippen LogP contribution >= 0.6 is 27.5 Å². The molecule has 0 heterocycles. The van der Waals surface area contributed by atoms with Crippen LogP contribution in [0.15, 0.2) is 70.2 Å². The molecule has 31 heavy (non-hydrogen) atoms. The Kier molecular flexibility index (Phi) is 7.22. The average Bonchev–Trinajstić information content (AvgIpc) is 2.74. The molecule has 0 aliphatic carbocycles. The van der Waals surface area contributed by atoms with Gasteiger partial charge < -0.3 is 9.84 Å². The molecule has 0 aromatic heterocycles. The van der Waals surface area contributed by atoms with Gasteiger partial charge in [-0.15, -0.1) is 0 Å². The summed E-state index contributed by atoms with van der Waals surface area (Å²) in [6.07, 6.45) is 1.38. The second-order valence-electron chi connectivity index (χ2n) is 6.23. The number of rotatable bonds is 7. The number of hydrogen-bond acceptors (Lipinski definition) is 6. The number of carbonyl (C=O) groups excluding carboxylic acids is 1. The van der Waals surface area contributed by atoms with Crippen molar-refractivity contribution in [3.8, 4) is 11.5 Å². The minimum atomic E-state index is -0.781. The number of nitrogens with zero attached hydrogens (tertiary/aromatic N) is 2. The number of nitrogens with one attached hydrogen (secondary N) is 1. The summed E-state index contributed by atoms with van der Waals surface area (Å²) in [5, 5.41) is 25.0. The fraction of sp³-hybridized carbons (Fsp3) is 0.0476. The first-order chi connectivity index (χ1) is 14.8. The number of phenols is 1. The van der Waals surface area contributed by atoms with Gasteiger partial charge in [0.2, 0.25) is 0 Å². The number of amides is 1. The van der Waals surface area contributed by atoms with Crippen molar-refractivity contribution < 1.29 is 19.6 Å². The number of carbonyl (C=O) groups is 1. The minimum absolute atomic E-state index is 0.254. The Morgan fingerprint density at radius 1 is 1.23 bits per heavy atom. The van der Waals surface area contributed by atoms with E-state index in [-0.39, 0.29) is 17.0 Å². The van der Waals surface area contributed by atoms with Crippen LogP contribution in [-0.2, 0) is 6.61 Å². The van der Waals surface area contributed by atoms with E-state index in [4.69, 9.17) is 16.3 Å². The van der Waals surface area contributed by atoms with E-state index in [0.29, 0.717) is 27.4 Å². The standard InChI is InChI=1S/C21H15BrClN3O5/c22-17-9-13(5-8-20(17)31-12-14-3-1-2-4-18(14)23)11-24-25-21(28)16-10-15(26(29)30)6-7-19(16)27/h1-11,27H,12H2,(H,25,28)/b24-11+. The Hall–Kier alpha value is -3.43. The predicted molar refractivity (Wildman–Crippen MR) is 120 cm³/mol. The van der Waals surface area contributed by atoms with E-state index in [9.17, 15) is 20.0 Å². The Bertz CT molecular complexity index is 1170. The van der Waals surface area contributed by atoms with Gasteiger partial charge in [0.1, 0.15) is 18.1 Å². The number of non-ortho nitro benzene ring substituents is 1. The number of halogens is 2. The third-order valence-electron chi connectivity index (χ3n) is 4.11.